The lowest BCUT2D eigenvalue weighted by Crippen LogP contribution is -2.42. The molecule has 1 nitrogen and oxygen atoms in total. The van der Waals surface area contributed by atoms with Crippen LogP contribution in [0.25, 0.3) is 0 Å². The average Bonchev–Trinajstić information content (AvgIpc) is 2.04. The summed E-state index contributed by atoms with van der Waals surface area (Å²) in [7, 11) is 0. The quantitative estimate of drug-likeness (QED) is 0.549. The lowest BCUT2D eigenvalue weighted by molar-refractivity contribution is 0.471. The van der Waals surface area contributed by atoms with Gasteiger partial charge in [0.05, 0.1) is 11.0 Å². The third kappa shape index (κ3) is 1.36. The molecule has 0 aromatic rings. The van der Waals surface area contributed by atoms with Crippen molar-refractivity contribution in [2.24, 2.45) is 5.92 Å². The van der Waals surface area contributed by atoms with Gasteiger partial charge in [-0.2, -0.15) is 0 Å². The SMILES string of the molecule is S=C1CCC2C=CC=CC2N1. The Morgan fingerprint density at radius 1 is 1.36 bits per heavy atom. The van der Waals surface area contributed by atoms with Gasteiger partial charge in [0.2, 0.25) is 0 Å². The number of nitrogens with one attached hydrogen (secondary N) is 1. The lowest BCUT2D eigenvalue weighted by Gasteiger charge is -2.31. The van der Waals surface area contributed by atoms with E-state index in [0.717, 1.165) is 11.4 Å². The molecule has 2 rings (SSSR count). The van der Waals surface area contributed by atoms with Gasteiger partial charge in [0.1, 0.15) is 0 Å². The number of fused-ring (bicyclic) bond motifs is 1. The van der Waals surface area contributed by atoms with Crippen molar-refractivity contribution in [3.63, 3.8) is 0 Å². The maximum atomic E-state index is 5.10. The predicted molar refractivity (Wildman–Crippen MR) is 50.5 cm³/mol. The zero-order valence-corrected chi connectivity index (χ0v) is 7.10. The van der Waals surface area contributed by atoms with Crippen LogP contribution in [-0.4, -0.2) is 11.0 Å². The fourth-order valence-electron chi connectivity index (χ4n) is 1.64. The molecule has 2 atom stereocenters. The number of thiocarbonyl (C=S) groups is 1. The van der Waals surface area contributed by atoms with Gasteiger partial charge in [0, 0.05) is 5.92 Å². The monoisotopic (exact) mass is 165 g/mol. The number of hydrogen-bond acceptors (Lipinski definition) is 1. The van der Waals surface area contributed by atoms with E-state index in [1.807, 2.05) is 0 Å². The first-order valence-corrected chi connectivity index (χ1v) is 4.41. The number of rotatable bonds is 0. The Balaban J connectivity index is 2.12. The van der Waals surface area contributed by atoms with Crippen LogP contribution in [-0.2, 0) is 0 Å². The first-order chi connectivity index (χ1) is 5.36. The fourth-order valence-corrected chi connectivity index (χ4v) is 1.89. The molecule has 0 aromatic carbocycles. The van der Waals surface area contributed by atoms with E-state index >= 15 is 0 Å². The maximum Gasteiger partial charge on any atom is 0.0758 e. The summed E-state index contributed by atoms with van der Waals surface area (Å²) in [6.45, 7) is 0. The predicted octanol–water partition coefficient (Wildman–Crippen LogP) is 1.81. The molecular weight excluding hydrogens is 154 g/mol. The molecule has 0 spiro atoms. The van der Waals surface area contributed by atoms with Crippen LogP contribution in [0.5, 0.6) is 0 Å². The van der Waals surface area contributed by atoms with Crippen LogP contribution in [0.1, 0.15) is 12.8 Å². The van der Waals surface area contributed by atoms with Crippen molar-refractivity contribution < 1.29 is 0 Å². The normalized spacial score (nSPS) is 34.7. The molecule has 11 heavy (non-hydrogen) atoms. The van der Waals surface area contributed by atoms with Crippen molar-refractivity contribution in [2.45, 2.75) is 18.9 Å². The molecule has 0 radical (unpaired) electrons. The fraction of sp³-hybridized carbons (Fsp3) is 0.444. The van der Waals surface area contributed by atoms with Crippen LogP contribution in [0.3, 0.4) is 0 Å². The summed E-state index contributed by atoms with van der Waals surface area (Å²) in [5, 5.41) is 3.31. The highest BCUT2D eigenvalue weighted by atomic mass is 32.1. The second-order valence-electron chi connectivity index (χ2n) is 3.07. The van der Waals surface area contributed by atoms with Crippen molar-refractivity contribution in [1.29, 1.82) is 0 Å². The average molecular weight is 165 g/mol. The second kappa shape index (κ2) is 2.78. The van der Waals surface area contributed by atoms with Gasteiger partial charge in [0.25, 0.3) is 0 Å². The minimum atomic E-state index is 0.473. The Bertz CT molecular complexity index is 230. The van der Waals surface area contributed by atoms with Gasteiger partial charge < -0.3 is 5.32 Å². The molecule has 0 bridgehead atoms. The van der Waals surface area contributed by atoms with Gasteiger partial charge in [-0.15, -0.1) is 0 Å². The topological polar surface area (TPSA) is 12.0 Å². The van der Waals surface area contributed by atoms with Crippen LogP contribution in [0.4, 0.5) is 0 Å². The van der Waals surface area contributed by atoms with E-state index in [1.165, 1.54) is 6.42 Å². The van der Waals surface area contributed by atoms with Gasteiger partial charge in [0.15, 0.2) is 0 Å². The van der Waals surface area contributed by atoms with Crippen LogP contribution in [0.15, 0.2) is 24.3 Å². The van der Waals surface area contributed by atoms with E-state index in [9.17, 15) is 0 Å². The molecule has 1 saturated heterocycles. The Labute approximate surface area is 72.2 Å². The molecule has 2 aliphatic rings. The van der Waals surface area contributed by atoms with E-state index in [-0.39, 0.29) is 0 Å². The van der Waals surface area contributed by atoms with Gasteiger partial charge in [-0.25, -0.2) is 0 Å². The first kappa shape index (κ1) is 7.04. The molecule has 0 aromatic heterocycles. The van der Waals surface area contributed by atoms with Crippen LogP contribution in [0.2, 0.25) is 0 Å². The molecule has 1 N–H and O–H groups in total. The zero-order valence-electron chi connectivity index (χ0n) is 6.29. The molecule has 0 saturated carbocycles. The molecule has 1 aliphatic heterocycles. The van der Waals surface area contributed by atoms with Crippen LogP contribution in [0, 0.1) is 5.92 Å². The highest BCUT2D eigenvalue weighted by molar-refractivity contribution is 7.80. The van der Waals surface area contributed by atoms with E-state index in [1.54, 1.807) is 0 Å². The van der Waals surface area contributed by atoms with Crippen molar-refractivity contribution in [3.05, 3.63) is 24.3 Å². The van der Waals surface area contributed by atoms with E-state index in [0.29, 0.717) is 12.0 Å². The highest BCUT2D eigenvalue weighted by Gasteiger charge is 2.23. The summed E-state index contributed by atoms with van der Waals surface area (Å²) in [6.07, 6.45) is 10.9. The third-order valence-electron chi connectivity index (χ3n) is 2.28. The molecule has 58 valence electrons. The molecule has 2 heteroatoms. The maximum absolute atomic E-state index is 5.10. The van der Waals surface area contributed by atoms with Gasteiger partial charge in [-0.1, -0.05) is 36.5 Å². The van der Waals surface area contributed by atoms with Crippen LogP contribution < -0.4 is 5.32 Å². The first-order valence-electron chi connectivity index (χ1n) is 4.00. The van der Waals surface area contributed by atoms with Gasteiger partial charge >= 0.3 is 0 Å². The summed E-state index contributed by atoms with van der Waals surface area (Å²) >= 11 is 5.10. The Hall–Kier alpha value is -0.630. The smallest absolute Gasteiger partial charge is 0.0758 e. The van der Waals surface area contributed by atoms with Crippen molar-refractivity contribution >= 4 is 17.2 Å². The number of allylic oxidation sites excluding steroid dienone is 2. The van der Waals surface area contributed by atoms with E-state index < -0.39 is 0 Å². The van der Waals surface area contributed by atoms with Crippen LogP contribution >= 0.6 is 12.2 Å². The van der Waals surface area contributed by atoms with Crippen molar-refractivity contribution in [1.82, 2.24) is 5.32 Å². The Morgan fingerprint density at radius 3 is 3.09 bits per heavy atom. The second-order valence-corrected chi connectivity index (χ2v) is 3.56. The van der Waals surface area contributed by atoms with Crippen molar-refractivity contribution in [3.8, 4) is 0 Å². The Kier molecular flexibility index (Phi) is 1.78. The van der Waals surface area contributed by atoms with E-state index in [4.69, 9.17) is 12.2 Å². The minimum absolute atomic E-state index is 0.473. The minimum Gasteiger partial charge on any atom is -0.373 e. The highest BCUT2D eigenvalue weighted by Crippen LogP contribution is 2.22. The number of piperidine rings is 1. The zero-order chi connectivity index (χ0) is 7.68. The summed E-state index contributed by atoms with van der Waals surface area (Å²) in [5.74, 6) is 0.673. The molecule has 2 unspecified atom stereocenters. The molecule has 1 heterocycles. The van der Waals surface area contributed by atoms with Crippen molar-refractivity contribution in [2.75, 3.05) is 0 Å². The molecular formula is C9H11NS. The number of hydrogen-bond donors (Lipinski definition) is 1. The summed E-state index contributed by atoms with van der Waals surface area (Å²) < 4.78 is 0. The summed E-state index contributed by atoms with van der Waals surface area (Å²) in [5.41, 5.74) is 0. The largest absolute Gasteiger partial charge is 0.373 e. The molecule has 0 amide bonds. The molecule has 1 aliphatic carbocycles. The Morgan fingerprint density at radius 2 is 2.18 bits per heavy atom. The molecule has 1 fully saturated rings. The van der Waals surface area contributed by atoms with Gasteiger partial charge in [-0.05, 0) is 12.8 Å². The lowest BCUT2D eigenvalue weighted by atomic mass is 9.88. The summed E-state index contributed by atoms with van der Waals surface area (Å²) in [4.78, 5) is 1.02. The van der Waals surface area contributed by atoms with Gasteiger partial charge in [-0.3, -0.25) is 0 Å². The summed E-state index contributed by atoms with van der Waals surface area (Å²) in [6, 6.07) is 0.473. The third-order valence-corrected chi connectivity index (χ3v) is 2.60. The standard InChI is InChI=1S/C9H11NS/c11-9-6-5-7-3-1-2-4-8(7)10-9/h1-4,7-8H,5-6H2,(H,10,11). The van der Waals surface area contributed by atoms with E-state index in [2.05, 4.69) is 29.6 Å².